The first-order chi connectivity index (χ1) is 19.2. The number of carbonyl (C=O) groups is 1. The highest BCUT2D eigenvalue weighted by Gasteiger charge is 2.33. The van der Waals surface area contributed by atoms with Crippen LogP contribution < -0.4 is 10.2 Å². The van der Waals surface area contributed by atoms with Crippen molar-refractivity contribution in [1.82, 2.24) is 19.9 Å². The molecule has 0 aliphatic carbocycles. The number of sulfone groups is 1. The minimum atomic E-state index is -4.68. The maximum absolute atomic E-state index is 13.9. The van der Waals surface area contributed by atoms with Crippen LogP contribution in [0, 0.1) is 11.6 Å². The normalized spacial score (nSPS) is 15.1. The molecular formula is C25H23F5N6O4S. The van der Waals surface area contributed by atoms with Crippen LogP contribution in [0.4, 0.5) is 32.4 Å². The minimum Gasteiger partial charge on any atom is -0.357 e. The molecule has 1 saturated heterocycles. The van der Waals surface area contributed by atoms with Crippen LogP contribution in [0.3, 0.4) is 0 Å². The van der Waals surface area contributed by atoms with Crippen molar-refractivity contribution < 1.29 is 40.0 Å². The topological polar surface area (TPSA) is 127 Å². The SMILES string of the molecule is C/C(=N\Oc1ccnc(C(F)(F)F)c1)c1cnc(S(C)(=O)=O)nc1C1CCN(C(=O)Nc2c(F)cccc2F)CC1. The molecule has 1 N–H and O–H groups in total. The molecule has 10 nitrogen and oxygen atoms in total. The molecule has 1 aliphatic heterocycles. The molecule has 0 atom stereocenters. The number of halogens is 5. The van der Waals surface area contributed by atoms with Gasteiger partial charge < -0.3 is 15.1 Å². The smallest absolute Gasteiger partial charge is 0.357 e. The number of carbonyl (C=O) groups excluding carboxylic acids is 1. The Morgan fingerprint density at radius 2 is 1.78 bits per heavy atom. The average Bonchev–Trinajstić information content (AvgIpc) is 2.92. The quantitative estimate of drug-likeness (QED) is 0.187. The van der Waals surface area contributed by atoms with Crippen LogP contribution in [0.1, 0.15) is 42.6 Å². The number of alkyl halides is 3. The Morgan fingerprint density at radius 3 is 2.39 bits per heavy atom. The van der Waals surface area contributed by atoms with E-state index in [2.05, 4.69) is 25.4 Å². The molecule has 1 fully saturated rings. The maximum atomic E-state index is 13.9. The zero-order chi connectivity index (χ0) is 29.9. The highest BCUT2D eigenvalue weighted by atomic mass is 32.2. The van der Waals surface area contributed by atoms with Crippen molar-refractivity contribution in [2.75, 3.05) is 24.7 Å². The number of likely N-dealkylation sites (tertiary alicyclic amines) is 1. The molecular weight excluding hydrogens is 575 g/mol. The molecule has 0 unspecified atom stereocenters. The third kappa shape index (κ3) is 7.11. The lowest BCUT2D eigenvalue weighted by atomic mass is 9.90. The third-order valence-corrected chi connectivity index (χ3v) is 7.05. The van der Waals surface area contributed by atoms with E-state index in [9.17, 15) is 35.2 Å². The van der Waals surface area contributed by atoms with Gasteiger partial charge in [-0.05, 0) is 31.9 Å². The molecule has 3 aromatic rings. The number of piperidine rings is 1. The van der Waals surface area contributed by atoms with Crippen LogP contribution in [0.2, 0.25) is 0 Å². The van der Waals surface area contributed by atoms with Crippen molar-refractivity contribution in [3.8, 4) is 5.75 Å². The van der Waals surface area contributed by atoms with E-state index in [1.807, 2.05) is 0 Å². The largest absolute Gasteiger partial charge is 0.433 e. The summed E-state index contributed by atoms with van der Waals surface area (Å²) >= 11 is 0. The average molecular weight is 599 g/mol. The zero-order valence-corrected chi connectivity index (χ0v) is 22.4. The number of anilines is 1. The lowest BCUT2D eigenvalue weighted by Gasteiger charge is -2.32. The number of benzene rings is 1. The number of nitrogens with one attached hydrogen (secondary N) is 1. The Labute approximate surface area is 231 Å². The molecule has 2 amide bonds. The van der Waals surface area contributed by atoms with Gasteiger partial charge in [-0.15, -0.1) is 0 Å². The summed E-state index contributed by atoms with van der Waals surface area (Å²) in [7, 11) is -3.80. The second kappa shape index (κ2) is 11.7. The van der Waals surface area contributed by atoms with E-state index in [1.54, 1.807) is 0 Å². The van der Waals surface area contributed by atoms with Gasteiger partial charge in [0.05, 0.1) is 11.4 Å². The van der Waals surface area contributed by atoms with Crippen LogP contribution >= 0.6 is 0 Å². The second-order valence-corrected chi connectivity index (χ2v) is 11.1. The molecule has 1 aromatic carbocycles. The van der Waals surface area contributed by atoms with Gasteiger partial charge in [0.25, 0.3) is 0 Å². The number of nitrogens with zero attached hydrogens (tertiary/aromatic N) is 5. The summed E-state index contributed by atoms with van der Waals surface area (Å²) in [6.07, 6.45) is -0.999. The Hall–Kier alpha value is -4.21. The number of rotatable bonds is 6. The molecule has 0 radical (unpaired) electrons. The third-order valence-electron chi connectivity index (χ3n) is 6.19. The summed E-state index contributed by atoms with van der Waals surface area (Å²) in [5.74, 6) is -2.46. The predicted molar refractivity (Wildman–Crippen MR) is 136 cm³/mol. The Morgan fingerprint density at radius 1 is 1.12 bits per heavy atom. The first kappa shape index (κ1) is 29.8. The van der Waals surface area contributed by atoms with E-state index in [-0.39, 0.29) is 36.2 Å². The highest BCUT2D eigenvalue weighted by Crippen LogP contribution is 2.32. The summed E-state index contributed by atoms with van der Waals surface area (Å²) in [4.78, 5) is 30.6. The minimum absolute atomic E-state index is 0.147. The predicted octanol–water partition coefficient (Wildman–Crippen LogP) is 4.79. The van der Waals surface area contributed by atoms with Gasteiger partial charge >= 0.3 is 12.2 Å². The fourth-order valence-electron chi connectivity index (χ4n) is 4.10. The van der Waals surface area contributed by atoms with Crippen molar-refractivity contribution in [2.45, 2.75) is 37.0 Å². The number of hydrogen-bond acceptors (Lipinski definition) is 8. The number of oxime groups is 1. The number of para-hydroxylation sites is 1. The van der Waals surface area contributed by atoms with Crippen molar-refractivity contribution >= 4 is 27.3 Å². The van der Waals surface area contributed by atoms with E-state index >= 15 is 0 Å². The first-order valence-electron chi connectivity index (χ1n) is 12.1. The van der Waals surface area contributed by atoms with Crippen LogP contribution in [-0.2, 0) is 16.0 Å². The molecule has 41 heavy (non-hydrogen) atoms. The van der Waals surface area contributed by atoms with Crippen molar-refractivity contribution in [1.29, 1.82) is 0 Å². The van der Waals surface area contributed by atoms with Crippen molar-refractivity contribution in [3.05, 3.63) is 71.3 Å². The van der Waals surface area contributed by atoms with Gasteiger partial charge in [-0.3, -0.25) is 4.98 Å². The van der Waals surface area contributed by atoms with Gasteiger partial charge in [0.1, 0.15) is 23.0 Å². The number of pyridine rings is 1. The van der Waals surface area contributed by atoms with E-state index in [1.165, 1.54) is 30.2 Å². The number of urea groups is 1. The molecule has 0 spiro atoms. The van der Waals surface area contributed by atoms with E-state index < -0.39 is 50.2 Å². The molecule has 0 bridgehead atoms. The fourth-order valence-corrected chi connectivity index (χ4v) is 4.61. The maximum Gasteiger partial charge on any atom is 0.433 e. The molecule has 16 heteroatoms. The van der Waals surface area contributed by atoms with Crippen LogP contribution in [0.15, 0.2) is 53.0 Å². The van der Waals surface area contributed by atoms with E-state index in [0.29, 0.717) is 24.5 Å². The molecule has 3 heterocycles. The lowest BCUT2D eigenvalue weighted by Crippen LogP contribution is -2.41. The van der Waals surface area contributed by atoms with Gasteiger partial charge in [-0.2, -0.15) is 13.2 Å². The second-order valence-electron chi connectivity index (χ2n) is 9.15. The van der Waals surface area contributed by atoms with Crippen LogP contribution in [-0.4, -0.2) is 59.4 Å². The van der Waals surface area contributed by atoms with E-state index in [0.717, 1.165) is 24.6 Å². The molecule has 0 saturated carbocycles. The molecule has 1 aliphatic rings. The van der Waals surface area contributed by atoms with Crippen LogP contribution in [0.25, 0.3) is 0 Å². The summed E-state index contributed by atoms with van der Waals surface area (Å²) in [5.41, 5.74) is -1.01. The zero-order valence-electron chi connectivity index (χ0n) is 21.6. The number of hydrogen-bond donors (Lipinski definition) is 1. The first-order valence-corrected chi connectivity index (χ1v) is 14.0. The van der Waals surface area contributed by atoms with Crippen LogP contribution in [0.5, 0.6) is 5.75 Å². The van der Waals surface area contributed by atoms with Crippen molar-refractivity contribution in [3.63, 3.8) is 0 Å². The fraction of sp³-hybridized carbons (Fsp3) is 0.320. The highest BCUT2D eigenvalue weighted by molar-refractivity contribution is 7.90. The Bertz CT molecular complexity index is 1570. The monoisotopic (exact) mass is 598 g/mol. The van der Waals surface area contributed by atoms with Crippen molar-refractivity contribution in [2.24, 2.45) is 5.16 Å². The Balaban J connectivity index is 1.55. The summed E-state index contributed by atoms with van der Waals surface area (Å²) in [5, 5.41) is 5.68. The molecule has 218 valence electrons. The number of aromatic nitrogens is 3. The summed E-state index contributed by atoms with van der Waals surface area (Å²) < 4.78 is 91.1. The molecule has 4 rings (SSSR count). The summed E-state index contributed by atoms with van der Waals surface area (Å²) in [6.45, 7) is 1.78. The van der Waals surface area contributed by atoms with E-state index in [4.69, 9.17) is 4.84 Å². The summed E-state index contributed by atoms with van der Waals surface area (Å²) in [6, 6.07) is 4.34. The van der Waals surface area contributed by atoms with Gasteiger partial charge in [-0.1, -0.05) is 11.2 Å². The van der Waals surface area contributed by atoms with Gasteiger partial charge in [0, 0.05) is 55.4 Å². The van der Waals surface area contributed by atoms with Gasteiger partial charge in [0.2, 0.25) is 15.0 Å². The lowest BCUT2D eigenvalue weighted by molar-refractivity contribution is -0.141. The standard InChI is InChI=1S/C25H23F5N6O4S/c1-14(35-40-16-6-9-31-20(12-16)25(28,29)30)17-13-32-23(41(2,38)39)33-21(17)15-7-10-36(11-8-15)24(37)34-22-18(26)4-3-5-19(22)27/h3-6,9,12-13,15H,7-8,10-11H2,1-2H3,(H,34,37)/b35-14+. The van der Waals surface area contributed by atoms with Gasteiger partial charge in [-0.25, -0.2) is 32.0 Å². The van der Waals surface area contributed by atoms with Gasteiger partial charge in [0.15, 0.2) is 5.75 Å². The number of amides is 2. The molecule has 2 aromatic heterocycles. The Kier molecular flexibility index (Phi) is 8.51.